The van der Waals surface area contributed by atoms with Crippen molar-refractivity contribution in [2.45, 2.75) is 0 Å². The second kappa shape index (κ2) is 11.8. The van der Waals surface area contributed by atoms with E-state index in [-0.39, 0.29) is 0 Å². The van der Waals surface area contributed by atoms with Crippen LogP contribution in [-0.4, -0.2) is 30.2 Å². The fraction of sp³-hybridized carbons (Fsp3) is 0.0333. The molecule has 5 aromatic rings. The molecule has 1 amide bonds. The van der Waals surface area contributed by atoms with E-state index >= 15 is 0 Å². The molecule has 1 heterocycles. The Morgan fingerprint density at radius 1 is 0.974 bits per heavy atom. The molecule has 0 saturated heterocycles. The first kappa shape index (κ1) is 26.6. The zero-order chi connectivity index (χ0) is 27.4. The lowest BCUT2D eigenvalue weighted by atomic mass is 10.0. The molecule has 0 aliphatic heterocycles. The topological polar surface area (TPSA) is 92.8 Å². The largest absolute Gasteiger partial charge is 0.497 e. The summed E-state index contributed by atoms with van der Waals surface area (Å²) in [5.74, 6) is 0.00279. The molecule has 2 N–H and O–H groups in total. The molecule has 0 aliphatic carbocycles. The van der Waals surface area contributed by atoms with Gasteiger partial charge in [-0.05, 0) is 88.8 Å². The highest BCUT2D eigenvalue weighted by Crippen LogP contribution is 2.33. The molecule has 194 valence electrons. The summed E-state index contributed by atoms with van der Waals surface area (Å²) in [6.45, 7) is 0. The van der Waals surface area contributed by atoms with Gasteiger partial charge in [-0.2, -0.15) is 5.10 Å². The lowest BCUT2D eigenvalue weighted by Crippen LogP contribution is -2.19. The molecule has 9 heteroatoms. The molecular weight excluding hydrogens is 673 g/mol. The van der Waals surface area contributed by atoms with Crippen LogP contribution in [0.4, 0.5) is 0 Å². The number of H-pyrrole nitrogens is 1. The lowest BCUT2D eigenvalue weighted by Gasteiger charge is -2.09. The number of hydrazone groups is 1. The Balaban J connectivity index is 1.39. The van der Waals surface area contributed by atoms with Crippen molar-refractivity contribution >= 4 is 67.5 Å². The molecule has 0 atom stereocenters. The van der Waals surface area contributed by atoms with E-state index in [1.165, 1.54) is 6.21 Å². The monoisotopic (exact) mass is 693 g/mol. The van der Waals surface area contributed by atoms with Crippen molar-refractivity contribution in [3.63, 3.8) is 0 Å². The summed E-state index contributed by atoms with van der Waals surface area (Å²) in [6.07, 6.45) is 1.44. The number of aromatic amines is 1. The van der Waals surface area contributed by atoms with Gasteiger partial charge in [0, 0.05) is 30.1 Å². The second-order valence-electron chi connectivity index (χ2n) is 8.43. The number of methoxy groups -OCH3 is 1. The number of benzene rings is 4. The molecule has 0 unspecified atom stereocenters. The smallest absolute Gasteiger partial charge is 0.343 e. The van der Waals surface area contributed by atoms with Crippen LogP contribution in [0.1, 0.15) is 26.4 Å². The zero-order valence-electron chi connectivity index (χ0n) is 20.6. The van der Waals surface area contributed by atoms with Crippen molar-refractivity contribution in [2.24, 2.45) is 5.10 Å². The Morgan fingerprint density at radius 3 is 2.49 bits per heavy atom. The van der Waals surface area contributed by atoms with Gasteiger partial charge in [0.25, 0.3) is 5.91 Å². The molecule has 0 radical (unpaired) electrons. The average molecular weight is 694 g/mol. The van der Waals surface area contributed by atoms with E-state index in [0.29, 0.717) is 28.3 Å². The van der Waals surface area contributed by atoms with Crippen LogP contribution < -0.4 is 14.9 Å². The average Bonchev–Trinajstić information content (AvgIpc) is 3.33. The number of hydrogen-bond acceptors (Lipinski definition) is 5. The van der Waals surface area contributed by atoms with Crippen LogP contribution in [0.25, 0.3) is 22.0 Å². The maximum atomic E-state index is 13.3. The number of rotatable bonds is 7. The SMILES string of the molecule is COc1ccc(C(=O)Oc2ccc(Br)cc2C=NNC(=O)c2[nH]c3ccc(I)cc3c2-c2ccccc2)cc1. The Bertz CT molecular complexity index is 1700. The highest BCUT2D eigenvalue weighted by Gasteiger charge is 2.19. The fourth-order valence-corrected chi connectivity index (χ4v) is 4.92. The minimum Gasteiger partial charge on any atom is -0.497 e. The van der Waals surface area contributed by atoms with E-state index in [2.05, 4.69) is 54.0 Å². The number of aromatic nitrogens is 1. The van der Waals surface area contributed by atoms with Crippen molar-refractivity contribution in [1.29, 1.82) is 0 Å². The Hall–Kier alpha value is -3.96. The Kier molecular flexibility index (Phi) is 8.08. The number of fused-ring (bicyclic) bond motifs is 1. The van der Waals surface area contributed by atoms with E-state index in [1.54, 1.807) is 49.6 Å². The summed E-state index contributed by atoms with van der Waals surface area (Å²) in [7, 11) is 1.56. The normalized spacial score (nSPS) is 11.1. The summed E-state index contributed by atoms with van der Waals surface area (Å²) in [6, 6.07) is 27.5. The molecule has 39 heavy (non-hydrogen) atoms. The van der Waals surface area contributed by atoms with Gasteiger partial charge in [-0.25, -0.2) is 10.2 Å². The van der Waals surface area contributed by atoms with Crippen molar-refractivity contribution in [2.75, 3.05) is 7.11 Å². The molecule has 0 fully saturated rings. The highest BCUT2D eigenvalue weighted by molar-refractivity contribution is 14.1. The molecule has 5 rings (SSSR count). The van der Waals surface area contributed by atoms with Crippen molar-refractivity contribution < 1.29 is 19.1 Å². The lowest BCUT2D eigenvalue weighted by molar-refractivity contribution is 0.0734. The summed E-state index contributed by atoms with van der Waals surface area (Å²) in [5.41, 5.74) is 6.44. The van der Waals surface area contributed by atoms with Gasteiger partial charge >= 0.3 is 5.97 Å². The van der Waals surface area contributed by atoms with Crippen LogP contribution in [0.3, 0.4) is 0 Å². The number of carbonyl (C=O) groups excluding carboxylic acids is 2. The van der Waals surface area contributed by atoms with Gasteiger partial charge in [0.2, 0.25) is 0 Å². The number of halogens is 2. The third-order valence-corrected chi connectivity index (χ3v) is 7.08. The number of amides is 1. The van der Waals surface area contributed by atoms with Crippen LogP contribution >= 0.6 is 38.5 Å². The minimum absolute atomic E-state index is 0.294. The standard InChI is InChI=1S/C30H21BrIN3O4/c1-38-23-11-7-19(8-12-23)30(37)39-26-14-9-21(31)15-20(26)17-33-35-29(36)28-27(18-5-3-2-4-6-18)24-16-22(32)10-13-25(24)34-28/h2-17,34H,1H3,(H,35,36). The van der Waals surface area contributed by atoms with E-state index < -0.39 is 11.9 Å². The fourth-order valence-electron chi connectivity index (χ4n) is 4.05. The van der Waals surface area contributed by atoms with Crippen LogP contribution in [-0.2, 0) is 0 Å². The predicted octanol–water partition coefficient (Wildman–Crippen LogP) is 7.19. The molecule has 0 aliphatic rings. The first-order chi connectivity index (χ1) is 18.9. The summed E-state index contributed by atoms with van der Waals surface area (Å²) in [5, 5.41) is 5.12. The van der Waals surface area contributed by atoms with E-state index in [0.717, 1.165) is 30.1 Å². The van der Waals surface area contributed by atoms with Crippen LogP contribution in [0.5, 0.6) is 11.5 Å². The number of nitrogens with one attached hydrogen (secondary N) is 2. The number of hydrogen-bond donors (Lipinski definition) is 2. The van der Waals surface area contributed by atoms with Gasteiger partial charge in [-0.15, -0.1) is 0 Å². The number of ether oxygens (including phenoxy) is 2. The first-order valence-corrected chi connectivity index (χ1v) is 13.7. The Morgan fingerprint density at radius 2 is 1.74 bits per heavy atom. The zero-order valence-corrected chi connectivity index (χ0v) is 24.3. The van der Waals surface area contributed by atoms with Crippen molar-refractivity contribution in [1.82, 2.24) is 10.4 Å². The van der Waals surface area contributed by atoms with Crippen LogP contribution in [0, 0.1) is 3.57 Å². The summed E-state index contributed by atoms with van der Waals surface area (Å²) >= 11 is 5.69. The molecule has 4 aromatic carbocycles. The third-order valence-electron chi connectivity index (χ3n) is 5.92. The molecule has 0 saturated carbocycles. The minimum atomic E-state index is -0.529. The highest BCUT2D eigenvalue weighted by atomic mass is 127. The summed E-state index contributed by atoms with van der Waals surface area (Å²) < 4.78 is 12.6. The summed E-state index contributed by atoms with van der Waals surface area (Å²) in [4.78, 5) is 29.2. The molecule has 0 spiro atoms. The maximum Gasteiger partial charge on any atom is 0.343 e. The molecule has 1 aromatic heterocycles. The maximum absolute atomic E-state index is 13.3. The predicted molar refractivity (Wildman–Crippen MR) is 164 cm³/mol. The Labute approximate surface area is 246 Å². The van der Waals surface area contributed by atoms with E-state index in [4.69, 9.17) is 9.47 Å². The van der Waals surface area contributed by atoms with Crippen molar-refractivity contribution in [3.8, 4) is 22.6 Å². The number of nitrogens with zero attached hydrogens (tertiary/aromatic N) is 1. The second-order valence-corrected chi connectivity index (χ2v) is 10.6. The van der Waals surface area contributed by atoms with Gasteiger partial charge in [0.05, 0.1) is 18.9 Å². The number of carbonyl (C=O) groups is 2. The van der Waals surface area contributed by atoms with E-state index in [9.17, 15) is 9.59 Å². The van der Waals surface area contributed by atoms with Crippen LogP contribution in [0.2, 0.25) is 0 Å². The molecule has 7 nitrogen and oxygen atoms in total. The van der Waals surface area contributed by atoms with Gasteiger partial charge in [-0.1, -0.05) is 46.3 Å². The third kappa shape index (κ3) is 6.04. The molecular formula is C30H21BrIN3O4. The van der Waals surface area contributed by atoms with Gasteiger partial charge in [0.1, 0.15) is 17.2 Å². The van der Waals surface area contributed by atoms with Crippen molar-refractivity contribution in [3.05, 3.63) is 116 Å². The first-order valence-electron chi connectivity index (χ1n) is 11.8. The van der Waals surface area contributed by atoms with Gasteiger partial charge in [-0.3, -0.25) is 4.79 Å². The van der Waals surface area contributed by atoms with Gasteiger partial charge < -0.3 is 14.5 Å². The van der Waals surface area contributed by atoms with E-state index in [1.807, 2.05) is 48.5 Å². The van der Waals surface area contributed by atoms with Crippen LogP contribution in [0.15, 0.2) is 101 Å². The van der Waals surface area contributed by atoms with Gasteiger partial charge in [0.15, 0.2) is 0 Å². The quantitative estimate of drug-likeness (QED) is 0.0621. The molecule has 0 bridgehead atoms. The number of esters is 1.